The Labute approximate surface area is 125 Å². The summed E-state index contributed by atoms with van der Waals surface area (Å²) in [5, 5.41) is 0. The predicted octanol–water partition coefficient (Wildman–Crippen LogP) is 2.66. The molecule has 1 heterocycles. The van der Waals surface area contributed by atoms with Crippen LogP contribution in [0.4, 0.5) is 0 Å². The highest BCUT2D eigenvalue weighted by Crippen LogP contribution is 2.35. The molecule has 108 valence electrons. The Kier molecular flexibility index (Phi) is 3.76. The Morgan fingerprint density at radius 3 is 2.29 bits per heavy atom. The van der Waals surface area contributed by atoms with Gasteiger partial charge in [-0.3, -0.25) is 4.79 Å². The first-order chi connectivity index (χ1) is 10.2. The maximum Gasteiger partial charge on any atom is 0.242 e. The number of hydrogen-bond acceptors (Lipinski definition) is 2. The zero-order chi connectivity index (χ0) is 14.8. The van der Waals surface area contributed by atoms with Crippen LogP contribution in [0.15, 0.2) is 54.6 Å². The SMILES string of the molecule is CCc1ccc(C2C(N)C(=O)N2Cc2ccccc2)cc1. The van der Waals surface area contributed by atoms with E-state index in [1.807, 2.05) is 35.2 Å². The van der Waals surface area contributed by atoms with E-state index in [2.05, 4.69) is 31.2 Å². The van der Waals surface area contributed by atoms with Crippen molar-refractivity contribution < 1.29 is 4.79 Å². The highest BCUT2D eigenvalue weighted by molar-refractivity contribution is 5.89. The molecule has 1 aliphatic heterocycles. The zero-order valence-electron chi connectivity index (χ0n) is 12.2. The van der Waals surface area contributed by atoms with Gasteiger partial charge in [-0.1, -0.05) is 61.5 Å². The molecule has 0 aromatic heterocycles. The fraction of sp³-hybridized carbons (Fsp3) is 0.278. The number of nitrogens with zero attached hydrogens (tertiary/aromatic N) is 1. The maximum atomic E-state index is 12.1. The number of β-lactam (4-membered cyclic amide) rings is 1. The number of hydrogen-bond donors (Lipinski definition) is 1. The second-order valence-electron chi connectivity index (χ2n) is 5.52. The number of nitrogens with two attached hydrogens (primary N) is 1. The lowest BCUT2D eigenvalue weighted by atomic mass is 9.88. The minimum atomic E-state index is -0.416. The Hall–Kier alpha value is -2.13. The summed E-state index contributed by atoms with van der Waals surface area (Å²) in [6, 6.07) is 18.0. The summed E-state index contributed by atoms with van der Waals surface area (Å²) >= 11 is 0. The molecule has 2 atom stereocenters. The Morgan fingerprint density at radius 2 is 1.67 bits per heavy atom. The van der Waals surface area contributed by atoms with E-state index in [9.17, 15) is 4.79 Å². The van der Waals surface area contributed by atoms with Crippen LogP contribution in [0.1, 0.15) is 29.7 Å². The van der Waals surface area contributed by atoms with E-state index in [1.54, 1.807) is 0 Å². The first-order valence-electron chi connectivity index (χ1n) is 7.39. The normalized spacial score (nSPS) is 21.2. The molecule has 3 rings (SSSR count). The summed E-state index contributed by atoms with van der Waals surface area (Å²) in [5.74, 6) is 0.0309. The van der Waals surface area contributed by atoms with Gasteiger partial charge in [0.1, 0.15) is 6.04 Å². The highest BCUT2D eigenvalue weighted by Gasteiger charge is 2.45. The summed E-state index contributed by atoms with van der Waals surface area (Å²) < 4.78 is 0. The summed E-state index contributed by atoms with van der Waals surface area (Å²) in [7, 11) is 0. The van der Waals surface area contributed by atoms with Crippen LogP contribution in [0, 0.1) is 0 Å². The van der Waals surface area contributed by atoms with Crippen molar-refractivity contribution >= 4 is 5.91 Å². The Morgan fingerprint density at radius 1 is 1.00 bits per heavy atom. The van der Waals surface area contributed by atoms with Gasteiger partial charge in [0.25, 0.3) is 0 Å². The van der Waals surface area contributed by atoms with E-state index in [0.717, 1.165) is 17.5 Å². The summed E-state index contributed by atoms with van der Waals surface area (Å²) in [6.45, 7) is 2.75. The van der Waals surface area contributed by atoms with Gasteiger partial charge in [0.05, 0.1) is 6.04 Å². The molecule has 0 bridgehead atoms. The number of carbonyl (C=O) groups excluding carboxylic acids is 1. The fourth-order valence-electron chi connectivity index (χ4n) is 2.87. The minimum Gasteiger partial charge on any atom is -0.328 e. The first-order valence-corrected chi connectivity index (χ1v) is 7.39. The maximum absolute atomic E-state index is 12.1. The van der Waals surface area contributed by atoms with Crippen molar-refractivity contribution in [2.24, 2.45) is 5.73 Å². The largest absolute Gasteiger partial charge is 0.328 e. The third-order valence-electron chi connectivity index (χ3n) is 4.17. The second-order valence-corrected chi connectivity index (χ2v) is 5.52. The lowest BCUT2D eigenvalue weighted by molar-refractivity contribution is -0.150. The van der Waals surface area contributed by atoms with Gasteiger partial charge in [-0.15, -0.1) is 0 Å². The molecule has 3 heteroatoms. The molecule has 21 heavy (non-hydrogen) atoms. The van der Waals surface area contributed by atoms with Crippen LogP contribution in [0.3, 0.4) is 0 Å². The summed E-state index contributed by atoms with van der Waals surface area (Å²) in [4.78, 5) is 13.9. The van der Waals surface area contributed by atoms with Gasteiger partial charge in [-0.25, -0.2) is 0 Å². The van der Waals surface area contributed by atoms with Crippen molar-refractivity contribution in [3.63, 3.8) is 0 Å². The molecule has 3 nitrogen and oxygen atoms in total. The van der Waals surface area contributed by atoms with Crippen molar-refractivity contribution in [3.05, 3.63) is 71.3 Å². The van der Waals surface area contributed by atoms with E-state index < -0.39 is 6.04 Å². The zero-order valence-corrected chi connectivity index (χ0v) is 12.2. The van der Waals surface area contributed by atoms with Gasteiger partial charge in [-0.2, -0.15) is 0 Å². The average Bonchev–Trinajstić information content (AvgIpc) is 2.55. The molecule has 1 aliphatic rings. The number of amides is 1. The molecule has 1 saturated heterocycles. The molecule has 1 amide bonds. The molecular weight excluding hydrogens is 260 g/mol. The molecule has 0 spiro atoms. The summed E-state index contributed by atoms with van der Waals surface area (Å²) in [6.07, 6.45) is 1.02. The molecule has 1 fully saturated rings. The number of carbonyl (C=O) groups is 1. The van der Waals surface area contributed by atoms with Crippen LogP contribution >= 0.6 is 0 Å². The summed E-state index contributed by atoms with van der Waals surface area (Å²) in [5.41, 5.74) is 9.57. The van der Waals surface area contributed by atoms with Crippen LogP contribution in [0.25, 0.3) is 0 Å². The third-order valence-corrected chi connectivity index (χ3v) is 4.17. The molecule has 2 aromatic rings. The molecule has 0 radical (unpaired) electrons. The van der Waals surface area contributed by atoms with Gasteiger partial charge in [0.2, 0.25) is 5.91 Å². The topological polar surface area (TPSA) is 46.3 Å². The number of benzene rings is 2. The monoisotopic (exact) mass is 280 g/mol. The van der Waals surface area contributed by atoms with Crippen LogP contribution in [-0.2, 0) is 17.8 Å². The Balaban J connectivity index is 1.80. The second kappa shape index (κ2) is 5.70. The molecule has 2 N–H and O–H groups in total. The van der Waals surface area contributed by atoms with Crippen LogP contribution in [0.5, 0.6) is 0 Å². The molecule has 2 unspecified atom stereocenters. The van der Waals surface area contributed by atoms with Gasteiger partial charge >= 0.3 is 0 Å². The third kappa shape index (κ3) is 2.57. The number of rotatable bonds is 4. The average molecular weight is 280 g/mol. The van der Waals surface area contributed by atoms with E-state index in [-0.39, 0.29) is 11.9 Å². The lowest BCUT2D eigenvalue weighted by Crippen LogP contribution is -2.62. The number of aryl methyl sites for hydroxylation is 1. The lowest BCUT2D eigenvalue weighted by Gasteiger charge is -2.45. The van der Waals surface area contributed by atoms with E-state index in [0.29, 0.717) is 6.54 Å². The van der Waals surface area contributed by atoms with Gasteiger partial charge < -0.3 is 10.6 Å². The van der Waals surface area contributed by atoms with Crippen molar-refractivity contribution in [3.8, 4) is 0 Å². The van der Waals surface area contributed by atoms with E-state index in [1.165, 1.54) is 5.56 Å². The quantitative estimate of drug-likeness (QED) is 0.875. The fourth-order valence-corrected chi connectivity index (χ4v) is 2.87. The molecule has 0 aliphatic carbocycles. The van der Waals surface area contributed by atoms with E-state index in [4.69, 9.17) is 5.73 Å². The first kappa shape index (κ1) is 13.8. The van der Waals surface area contributed by atoms with Gasteiger partial charge in [0, 0.05) is 6.54 Å². The van der Waals surface area contributed by atoms with Crippen LogP contribution in [-0.4, -0.2) is 16.8 Å². The van der Waals surface area contributed by atoms with Crippen LogP contribution < -0.4 is 5.73 Å². The number of likely N-dealkylation sites (tertiary alicyclic amines) is 1. The predicted molar refractivity (Wildman–Crippen MR) is 83.5 cm³/mol. The smallest absolute Gasteiger partial charge is 0.242 e. The molecular formula is C18H20N2O. The van der Waals surface area contributed by atoms with Crippen molar-refractivity contribution in [1.82, 2.24) is 4.90 Å². The highest BCUT2D eigenvalue weighted by atomic mass is 16.2. The van der Waals surface area contributed by atoms with Crippen LogP contribution in [0.2, 0.25) is 0 Å². The van der Waals surface area contributed by atoms with Gasteiger partial charge in [0.15, 0.2) is 0 Å². The Bertz CT molecular complexity index is 621. The van der Waals surface area contributed by atoms with Crippen molar-refractivity contribution in [2.45, 2.75) is 32.0 Å². The molecule has 2 aromatic carbocycles. The van der Waals surface area contributed by atoms with Crippen molar-refractivity contribution in [1.29, 1.82) is 0 Å². The van der Waals surface area contributed by atoms with Crippen molar-refractivity contribution in [2.75, 3.05) is 0 Å². The standard InChI is InChI=1S/C18H20N2O/c1-2-13-8-10-15(11-9-13)17-16(19)18(21)20(17)12-14-6-4-3-5-7-14/h3-11,16-17H,2,12,19H2,1H3. The van der Waals surface area contributed by atoms with E-state index >= 15 is 0 Å². The minimum absolute atomic E-state index is 0.0105. The van der Waals surface area contributed by atoms with Gasteiger partial charge in [-0.05, 0) is 23.1 Å². The molecule has 0 saturated carbocycles.